The molecule has 0 saturated carbocycles. The molecule has 0 unspecified atom stereocenters. The highest BCUT2D eigenvalue weighted by molar-refractivity contribution is 5.80. The van der Waals surface area contributed by atoms with Gasteiger partial charge in [-0.15, -0.1) is 0 Å². The van der Waals surface area contributed by atoms with Crippen molar-refractivity contribution in [3.63, 3.8) is 0 Å². The third kappa shape index (κ3) is 5.63. The van der Waals surface area contributed by atoms with Gasteiger partial charge in [-0.1, -0.05) is 12.1 Å². The van der Waals surface area contributed by atoms with Gasteiger partial charge in [0.25, 0.3) is 0 Å². The summed E-state index contributed by atoms with van der Waals surface area (Å²) in [7, 11) is 0. The van der Waals surface area contributed by atoms with E-state index in [2.05, 4.69) is 10.2 Å². The number of morpholine rings is 1. The number of hydrogen-bond donors (Lipinski definition) is 2. The first-order valence-electron chi connectivity index (χ1n) is 7.70. The topological polar surface area (TPSA) is 76.8 Å². The average Bonchev–Trinajstić information content (AvgIpc) is 2.54. The van der Waals surface area contributed by atoms with Crippen molar-refractivity contribution < 1.29 is 14.3 Å². The fourth-order valence-electron chi connectivity index (χ4n) is 2.21. The normalized spacial score (nSPS) is 17.0. The van der Waals surface area contributed by atoms with E-state index in [9.17, 15) is 4.79 Å². The molecule has 1 fully saturated rings. The third-order valence-corrected chi connectivity index (χ3v) is 3.56. The van der Waals surface area contributed by atoms with Crippen molar-refractivity contribution in [1.29, 1.82) is 0 Å². The van der Waals surface area contributed by atoms with E-state index < -0.39 is 6.04 Å². The van der Waals surface area contributed by atoms with Crippen LogP contribution in [0.3, 0.4) is 0 Å². The lowest BCUT2D eigenvalue weighted by molar-refractivity contribution is -0.122. The van der Waals surface area contributed by atoms with Gasteiger partial charge in [0.15, 0.2) is 0 Å². The summed E-state index contributed by atoms with van der Waals surface area (Å²) in [6.45, 7) is 7.20. The molecule has 1 aliphatic heterocycles. The van der Waals surface area contributed by atoms with Gasteiger partial charge in [-0.05, 0) is 24.6 Å². The Balaban J connectivity index is 1.74. The summed E-state index contributed by atoms with van der Waals surface area (Å²) in [6, 6.07) is 7.26. The molecular formula is C16H25N3O3. The molecular weight excluding hydrogens is 282 g/mol. The Bertz CT molecular complexity index is 473. The van der Waals surface area contributed by atoms with Gasteiger partial charge in [0.05, 0.1) is 19.3 Å². The first kappa shape index (κ1) is 16.7. The van der Waals surface area contributed by atoms with Crippen LogP contribution in [0.25, 0.3) is 0 Å². The van der Waals surface area contributed by atoms with Gasteiger partial charge in [0, 0.05) is 26.2 Å². The van der Waals surface area contributed by atoms with Gasteiger partial charge in [-0.3, -0.25) is 9.69 Å². The maximum absolute atomic E-state index is 11.5. The highest BCUT2D eigenvalue weighted by atomic mass is 16.5. The standard InChI is InChI=1S/C16H25N3O3/c1-13(17)16(20)18-12-14-3-2-4-15(11-14)22-10-7-19-5-8-21-9-6-19/h2-4,11,13H,5-10,12,17H2,1H3,(H,18,20)/t13-/m1/s1. The molecule has 1 aromatic carbocycles. The summed E-state index contributed by atoms with van der Waals surface area (Å²) in [5.41, 5.74) is 6.51. The molecule has 1 aliphatic rings. The number of carbonyl (C=O) groups is 1. The summed E-state index contributed by atoms with van der Waals surface area (Å²) < 4.78 is 11.1. The highest BCUT2D eigenvalue weighted by Crippen LogP contribution is 2.13. The summed E-state index contributed by atoms with van der Waals surface area (Å²) in [6.07, 6.45) is 0. The molecule has 122 valence electrons. The molecule has 0 bridgehead atoms. The van der Waals surface area contributed by atoms with Crippen molar-refractivity contribution in [1.82, 2.24) is 10.2 Å². The molecule has 1 saturated heterocycles. The van der Waals surface area contributed by atoms with Crippen molar-refractivity contribution >= 4 is 5.91 Å². The number of rotatable bonds is 7. The van der Waals surface area contributed by atoms with E-state index in [0.29, 0.717) is 13.2 Å². The maximum Gasteiger partial charge on any atom is 0.236 e. The Morgan fingerprint density at radius 1 is 1.45 bits per heavy atom. The van der Waals surface area contributed by atoms with Gasteiger partial charge in [0.2, 0.25) is 5.91 Å². The van der Waals surface area contributed by atoms with Gasteiger partial charge in [0.1, 0.15) is 12.4 Å². The Morgan fingerprint density at radius 2 is 2.23 bits per heavy atom. The number of ether oxygens (including phenoxy) is 2. The summed E-state index contributed by atoms with van der Waals surface area (Å²) in [5, 5.41) is 2.79. The Labute approximate surface area is 131 Å². The second kappa shape index (κ2) is 8.73. The predicted molar refractivity (Wildman–Crippen MR) is 84.7 cm³/mol. The van der Waals surface area contributed by atoms with E-state index in [1.165, 1.54) is 0 Å². The number of nitrogens with zero attached hydrogens (tertiary/aromatic N) is 1. The minimum atomic E-state index is -0.493. The number of benzene rings is 1. The summed E-state index contributed by atoms with van der Waals surface area (Å²) in [4.78, 5) is 13.8. The molecule has 0 spiro atoms. The first-order chi connectivity index (χ1) is 10.6. The minimum absolute atomic E-state index is 0.154. The molecule has 1 amide bonds. The molecule has 0 aliphatic carbocycles. The van der Waals surface area contributed by atoms with Crippen LogP contribution in [0, 0.1) is 0 Å². The van der Waals surface area contributed by atoms with Crippen molar-refractivity contribution in [3.8, 4) is 5.75 Å². The largest absolute Gasteiger partial charge is 0.492 e. The first-order valence-corrected chi connectivity index (χ1v) is 7.70. The van der Waals surface area contributed by atoms with Crippen LogP contribution in [0.2, 0.25) is 0 Å². The number of nitrogens with two attached hydrogens (primary N) is 1. The monoisotopic (exact) mass is 307 g/mol. The molecule has 3 N–H and O–H groups in total. The van der Waals surface area contributed by atoms with E-state index >= 15 is 0 Å². The van der Waals surface area contributed by atoms with E-state index in [1.54, 1.807) is 6.92 Å². The van der Waals surface area contributed by atoms with E-state index in [0.717, 1.165) is 44.2 Å². The zero-order chi connectivity index (χ0) is 15.8. The van der Waals surface area contributed by atoms with Crippen molar-refractivity contribution in [2.45, 2.75) is 19.5 Å². The van der Waals surface area contributed by atoms with Gasteiger partial charge in [-0.2, -0.15) is 0 Å². The molecule has 1 atom stereocenters. The zero-order valence-corrected chi connectivity index (χ0v) is 13.1. The van der Waals surface area contributed by atoms with Crippen molar-refractivity contribution in [3.05, 3.63) is 29.8 Å². The van der Waals surface area contributed by atoms with Crippen molar-refractivity contribution in [2.24, 2.45) is 5.73 Å². The van der Waals surface area contributed by atoms with Crippen LogP contribution in [0.4, 0.5) is 0 Å². The molecule has 6 nitrogen and oxygen atoms in total. The van der Waals surface area contributed by atoms with Gasteiger partial charge >= 0.3 is 0 Å². The SMILES string of the molecule is C[C@@H](N)C(=O)NCc1cccc(OCCN2CCOCC2)c1. The number of hydrogen-bond acceptors (Lipinski definition) is 5. The maximum atomic E-state index is 11.5. The van der Waals surface area contributed by atoms with Crippen LogP contribution >= 0.6 is 0 Å². The lowest BCUT2D eigenvalue weighted by Gasteiger charge is -2.26. The minimum Gasteiger partial charge on any atom is -0.492 e. The molecule has 22 heavy (non-hydrogen) atoms. The van der Waals surface area contributed by atoms with E-state index in [1.807, 2.05) is 24.3 Å². The summed E-state index contributed by atoms with van der Waals surface area (Å²) >= 11 is 0. The smallest absolute Gasteiger partial charge is 0.236 e. The molecule has 0 aromatic heterocycles. The molecule has 6 heteroatoms. The molecule has 1 heterocycles. The fourth-order valence-corrected chi connectivity index (χ4v) is 2.21. The van der Waals surface area contributed by atoms with Crippen LogP contribution < -0.4 is 15.8 Å². The number of carbonyl (C=O) groups excluding carboxylic acids is 1. The number of nitrogens with one attached hydrogen (secondary N) is 1. The highest BCUT2D eigenvalue weighted by Gasteiger charge is 2.10. The lowest BCUT2D eigenvalue weighted by Crippen LogP contribution is -2.38. The van der Waals surface area contributed by atoms with E-state index in [-0.39, 0.29) is 5.91 Å². The molecule has 2 rings (SSSR count). The predicted octanol–water partition coefficient (Wildman–Crippen LogP) is 0.361. The second-order valence-electron chi connectivity index (χ2n) is 5.46. The van der Waals surface area contributed by atoms with E-state index in [4.69, 9.17) is 15.2 Å². The Kier molecular flexibility index (Phi) is 6.64. The summed E-state index contributed by atoms with van der Waals surface area (Å²) in [5.74, 6) is 0.666. The Morgan fingerprint density at radius 3 is 2.95 bits per heavy atom. The number of amides is 1. The average molecular weight is 307 g/mol. The third-order valence-electron chi connectivity index (χ3n) is 3.56. The molecule has 1 aromatic rings. The van der Waals surface area contributed by atoms with Crippen molar-refractivity contribution in [2.75, 3.05) is 39.5 Å². The zero-order valence-electron chi connectivity index (χ0n) is 13.1. The molecule has 0 radical (unpaired) electrons. The second-order valence-corrected chi connectivity index (χ2v) is 5.46. The van der Waals surface area contributed by atoms with Gasteiger partial charge < -0.3 is 20.5 Å². The van der Waals surface area contributed by atoms with Crippen LogP contribution in [0.5, 0.6) is 5.75 Å². The quantitative estimate of drug-likeness (QED) is 0.761. The van der Waals surface area contributed by atoms with Gasteiger partial charge in [-0.25, -0.2) is 0 Å². The van der Waals surface area contributed by atoms with Crippen LogP contribution in [-0.2, 0) is 16.1 Å². The fraction of sp³-hybridized carbons (Fsp3) is 0.562. The Hall–Kier alpha value is -1.63. The van der Waals surface area contributed by atoms with Crippen LogP contribution in [-0.4, -0.2) is 56.3 Å². The van der Waals surface area contributed by atoms with Crippen LogP contribution in [0.15, 0.2) is 24.3 Å². The van der Waals surface area contributed by atoms with Crippen LogP contribution in [0.1, 0.15) is 12.5 Å². The lowest BCUT2D eigenvalue weighted by atomic mass is 10.2.